The lowest BCUT2D eigenvalue weighted by Gasteiger charge is -2.25. The quantitative estimate of drug-likeness (QED) is 0.372. The molecule has 0 radical (unpaired) electrons. The van der Waals surface area contributed by atoms with Gasteiger partial charge in [0.25, 0.3) is 11.7 Å². The van der Waals surface area contributed by atoms with Gasteiger partial charge in [-0.1, -0.05) is 17.7 Å². The largest absolute Gasteiger partial charge is 0.507 e. The predicted molar refractivity (Wildman–Crippen MR) is 117 cm³/mol. The van der Waals surface area contributed by atoms with Crippen LogP contribution in [0.2, 0.25) is 0 Å². The van der Waals surface area contributed by atoms with Crippen molar-refractivity contribution in [1.29, 1.82) is 0 Å². The Labute approximate surface area is 184 Å². The fourth-order valence-electron chi connectivity index (χ4n) is 4.23. The number of rotatable bonds is 3. The number of furan rings is 1. The third kappa shape index (κ3) is 3.05. The smallest absolute Gasteiger partial charge is 0.300 e. The number of amides is 1. The van der Waals surface area contributed by atoms with E-state index in [2.05, 4.69) is 0 Å². The highest BCUT2D eigenvalue weighted by Crippen LogP contribution is 2.44. The Hall–Kier alpha value is -4.00. The predicted octanol–water partition coefficient (Wildman–Crippen LogP) is 4.56. The van der Waals surface area contributed by atoms with Crippen LogP contribution in [0.1, 0.15) is 34.3 Å². The van der Waals surface area contributed by atoms with E-state index in [1.165, 1.54) is 4.90 Å². The number of Topliss-reactive ketones (excluding diaryl/α,β-unsaturated/α-hetero) is 1. The normalized spacial score (nSPS) is 19.1. The Morgan fingerprint density at radius 1 is 0.969 bits per heavy atom. The summed E-state index contributed by atoms with van der Waals surface area (Å²) >= 11 is 0. The van der Waals surface area contributed by atoms with Crippen LogP contribution < -0.4 is 14.4 Å². The number of benzene rings is 2. The van der Waals surface area contributed by atoms with Gasteiger partial charge in [0, 0.05) is 11.3 Å². The summed E-state index contributed by atoms with van der Waals surface area (Å²) < 4.78 is 16.6. The second-order valence-electron chi connectivity index (χ2n) is 7.98. The van der Waals surface area contributed by atoms with Crippen molar-refractivity contribution in [2.45, 2.75) is 26.8 Å². The van der Waals surface area contributed by atoms with Crippen molar-refractivity contribution >= 4 is 23.1 Å². The van der Waals surface area contributed by atoms with Crippen LogP contribution in [0.25, 0.3) is 5.76 Å². The van der Waals surface area contributed by atoms with Crippen LogP contribution in [-0.4, -0.2) is 23.6 Å². The Balaban J connectivity index is 1.71. The van der Waals surface area contributed by atoms with Crippen LogP contribution in [0.3, 0.4) is 0 Å². The number of ketones is 1. The third-order valence-corrected chi connectivity index (χ3v) is 5.73. The van der Waals surface area contributed by atoms with Gasteiger partial charge in [0.05, 0.1) is 5.57 Å². The van der Waals surface area contributed by atoms with E-state index < -0.39 is 17.7 Å². The number of hydrogen-bond donors (Lipinski definition) is 1. The van der Waals surface area contributed by atoms with E-state index in [0.29, 0.717) is 34.3 Å². The van der Waals surface area contributed by atoms with Gasteiger partial charge in [-0.05, 0) is 62.7 Å². The highest BCUT2D eigenvalue weighted by atomic mass is 16.7. The lowest BCUT2D eigenvalue weighted by atomic mass is 9.98. The summed E-state index contributed by atoms with van der Waals surface area (Å²) in [4.78, 5) is 27.8. The zero-order valence-corrected chi connectivity index (χ0v) is 17.8. The van der Waals surface area contributed by atoms with E-state index >= 15 is 0 Å². The highest BCUT2D eigenvalue weighted by Gasteiger charge is 2.48. The molecule has 2 aliphatic rings. The standard InChI is InChI=1S/C25H21NO6/c1-13-4-7-17(14(2)10-13)26-22(19-8-5-15(3)32-19)21(24(28)25(26)29)23(27)16-6-9-18-20(11-16)31-12-30-18/h4-11,22,27H,12H2,1-3H3/b23-21-. The van der Waals surface area contributed by atoms with Crippen molar-refractivity contribution in [2.75, 3.05) is 11.7 Å². The molecular weight excluding hydrogens is 410 g/mol. The number of ether oxygens (including phenoxy) is 2. The van der Waals surface area contributed by atoms with Gasteiger partial charge >= 0.3 is 0 Å². The molecule has 0 aliphatic carbocycles. The van der Waals surface area contributed by atoms with E-state index in [1.54, 1.807) is 43.3 Å². The molecule has 7 heteroatoms. The van der Waals surface area contributed by atoms with Crippen LogP contribution >= 0.6 is 0 Å². The number of anilines is 1. The van der Waals surface area contributed by atoms with E-state index in [1.807, 2.05) is 26.0 Å². The van der Waals surface area contributed by atoms with E-state index in [4.69, 9.17) is 13.9 Å². The van der Waals surface area contributed by atoms with Crippen LogP contribution in [0.4, 0.5) is 5.69 Å². The molecule has 7 nitrogen and oxygen atoms in total. The van der Waals surface area contributed by atoms with Gasteiger partial charge in [0.2, 0.25) is 6.79 Å². The molecule has 3 heterocycles. The molecule has 5 rings (SSSR count). The molecule has 3 aromatic rings. The number of fused-ring (bicyclic) bond motifs is 1. The zero-order chi connectivity index (χ0) is 22.6. The van der Waals surface area contributed by atoms with Crippen molar-refractivity contribution in [2.24, 2.45) is 0 Å². The first-order valence-electron chi connectivity index (χ1n) is 10.2. The Morgan fingerprint density at radius 2 is 1.75 bits per heavy atom. The maximum atomic E-state index is 13.2. The molecule has 2 aliphatic heterocycles. The average molecular weight is 431 g/mol. The molecule has 1 amide bonds. The zero-order valence-electron chi connectivity index (χ0n) is 17.8. The first kappa shape index (κ1) is 19.9. The highest BCUT2D eigenvalue weighted by molar-refractivity contribution is 6.51. The Morgan fingerprint density at radius 3 is 2.47 bits per heavy atom. The van der Waals surface area contributed by atoms with Crippen molar-refractivity contribution in [1.82, 2.24) is 0 Å². The number of hydrogen-bond acceptors (Lipinski definition) is 6. The molecule has 32 heavy (non-hydrogen) atoms. The fourth-order valence-corrected chi connectivity index (χ4v) is 4.23. The van der Waals surface area contributed by atoms with Gasteiger partial charge in [0.15, 0.2) is 11.5 Å². The summed E-state index contributed by atoms with van der Waals surface area (Å²) in [6, 6.07) is 13.1. The first-order valence-corrected chi connectivity index (χ1v) is 10.2. The van der Waals surface area contributed by atoms with E-state index in [0.717, 1.165) is 11.1 Å². The Bertz CT molecular complexity index is 1300. The second kappa shape index (κ2) is 7.30. The molecule has 1 N–H and O–H groups in total. The number of aryl methyl sites for hydroxylation is 3. The number of nitrogens with zero attached hydrogens (tertiary/aromatic N) is 1. The summed E-state index contributed by atoms with van der Waals surface area (Å²) in [6.07, 6.45) is 0. The van der Waals surface area contributed by atoms with E-state index in [-0.39, 0.29) is 18.1 Å². The summed E-state index contributed by atoms with van der Waals surface area (Å²) in [7, 11) is 0. The van der Waals surface area contributed by atoms with Gasteiger partial charge in [-0.25, -0.2) is 0 Å². The molecule has 1 fully saturated rings. The van der Waals surface area contributed by atoms with Gasteiger partial charge in [-0.3, -0.25) is 14.5 Å². The lowest BCUT2D eigenvalue weighted by molar-refractivity contribution is -0.132. The molecule has 162 valence electrons. The summed E-state index contributed by atoms with van der Waals surface area (Å²) in [5, 5.41) is 11.2. The van der Waals surface area contributed by atoms with Crippen molar-refractivity contribution < 1.29 is 28.6 Å². The van der Waals surface area contributed by atoms with Crippen LogP contribution in [0, 0.1) is 20.8 Å². The Kier molecular flexibility index (Phi) is 4.55. The maximum Gasteiger partial charge on any atom is 0.300 e. The fraction of sp³-hybridized carbons (Fsp3) is 0.200. The minimum absolute atomic E-state index is 0.0387. The third-order valence-electron chi connectivity index (χ3n) is 5.73. The van der Waals surface area contributed by atoms with Crippen LogP contribution in [0.15, 0.2) is 58.5 Å². The minimum atomic E-state index is -0.907. The molecule has 1 saturated heterocycles. The van der Waals surface area contributed by atoms with Gasteiger partial charge in [-0.2, -0.15) is 0 Å². The number of aliphatic hydroxyl groups excluding tert-OH is 1. The molecule has 0 saturated carbocycles. The first-order chi connectivity index (χ1) is 15.3. The lowest BCUT2D eigenvalue weighted by Crippen LogP contribution is -2.30. The van der Waals surface area contributed by atoms with Gasteiger partial charge in [-0.15, -0.1) is 0 Å². The molecule has 0 bridgehead atoms. The maximum absolute atomic E-state index is 13.2. The monoisotopic (exact) mass is 431 g/mol. The number of carbonyl (C=O) groups is 2. The topological polar surface area (TPSA) is 89.2 Å². The summed E-state index contributed by atoms with van der Waals surface area (Å²) in [5.74, 6) is 0.238. The molecule has 1 unspecified atom stereocenters. The molecule has 1 aromatic heterocycles. The second-order valence-corrected chi connectivity index (χ2v) is 7.98. The summed E-state index contributed by atoms with van der Waals surface area (Å²) in [6.45, 7) is 5.70. The van der Waals surface area contributed by atoms with E-state index in [9.17, 15) is 14.7 Å². The van der Waals surface area contributed by atoms with Crippen molar-refractivity contribution in [3.63, 3.8) is 0 Å². The van der Waals surface area contributed by atoms with Crippen LogP contribution in [0.5, 0.6) is 11.5 Å². The number of carbonyl (C=O) groups excluding carboxylic acids is 2. The molecule has 1 atom stereocenters. The number of aliphatic hydroxyl groups is 1. The molecular formula is C25H21NO6. The SMILES string of the molecule is Cc1ccc(N2C(=O)C(=O)/C(=C(\O)c3ccc4c(c3)OCO4)C2c2ccc(C)o2)c(C)c1. The minimum Gasteiger partial charge on any atom is -0.507 e. The van der Waals surface area contributed by atoms with Gasteiger partial charge < -0.3 is 19.0 Å². The van der Waals surface area contributed by atoms with Crippen molar-refractivity contribution in [3.8, 4) is 11.5 Å². The average Bonchev–Trinajstić information content (AvgIpc) is 3.46. The van der Waals surface area contributed by atoms with Crippen LogP contribution in [-0.2, 0) is 9.59 Å². The van der Waals surface area contributed by atoms with Gasteiger partial charge in [0.1, 0.15) is 23.3 Å². The molecule has 0 spiro atoms. The van der Waals surface area contributed by atoms with Crippen molar-refractivity contribution in [3.05, 3.63) is 82.3 Å². The summed E-state index contributed by atoms with van der Waals surface area (Å²) in [5.41, 5.74) is 2.77. The molecule has 2 aromatic carbocycles.